The lowest BCUT2D eigenvalue weighted by Gasteiger charge is -2.33. The molecule has 0 radical (unpaired) electrons. The number of pyridine rings is 1. The molecule has 0 N–H and O–H groups in total. The van der Waals surface area contributed by atoms with Crippen LogP contribution in [0.4, 0.5) is 5.69 Å². The fourth-order valence-electron chi connectivity index (χ4n) is 4.34. The van der Waals surface area contributed by atoms with Gasteiger partial charge >= 0.3 is 0 Å². The molecule has 3 atom stereocenters. The van der Waals surface area contributed by atoms with Gasteiger partial charge < -0.3 is 4.90 Å². The molecule has 4 heteroatoms. The zero-order valence-corrected chi connectivity index (χ0v) is 12.7. The van der Waals surface area contributed by atoms with Crippen LogP contribution in [0, 0.1) is 11.8 Å². The second kappa shape index (κ2) is 4.74. The molecule has 1 aromatic rings. The maximum atomic E-state index is 4.31. The molecule has 102 valence electrons. The lowest BCUT2D eigenvalue weighted by Crippen LogP contribution is -2.39. The van der Waals surface area contributed by atoms with Gasteiger partial charge in [0.15, 0.2) is 0 Å². The van der Waals surface area contributed by atoms with Gasteiger partial charge in [-0.1, -0.05) is 6.42 Å². The van der Waals surface area contributed by atoms with Gasteiger partial charge in [-0.3, -0.25) is 9.88 Å². The Bertz CT molecular complexity index is 478. The highest BCUT2D eigenvalue weighted by Gasteiger charge is 2.47. The average molecular weight is 322 g/mol. The number of aromatic nitrogens is 1. The predicted molar refractivity (Wildman–Crippen MR) is 80.3 cm³/mol. The highest BCUT2D eigenvalue weighted by atomic mass is 79.9. The summed E-state index contributed by atoms with van der Waals surface area (Å²) >= 11 is 3.53. The van der Waals surface area contributed by atoms with Crippen LogP contribution in [0.1, 0.15) is 19.3 Å². The molecule has 3 aliphatic rings. The summed E-state index contributed by atoms with van der Waals surface area (Å²) in [6, 6.07) is 3.07. The topological polar surface area (TPSA) is 19.4 Å². The maximum absolute atomic E-state index is 4.31. The van der Waals surface area contributed by atoms with Gasteiger partial charge in [0.05, 0.1) is 11.9 Å². The SMILES string of the molecule is Brc1cncc(N2C[C@@H]3CN4CCCC[C@H]4[C@H]3C2)c1. The molecule has 0 bridgehead atoms. The fraction of sp³-hybridized carbons (Fsp3) is 0.667. The minimum atomic E-state index is 0.865. The highest BCUT2D eigenvalue weighted by molar-refractivity contribution is 9.10. The predicted octanol–water partition coefficient (Wildman–Crippen LogP) is 2.76. The Morgan fingerprint density at radius 2 is 2.11 bits per heavy atom. The van der Waals surface area contributed by atoms with Crippen molar-refractivity contribution in [3.63, 3.8) is 0 Å². The number of hydrogen-bond acceptors (Lipinski definition) is 3. The maximum Gasteiger partial charge on any atom is 0.0564 e. The van der Waals surface area contributed by atoms with Crippen LogP contribution in [-0.2, 0) is 0 Å². The minimum Gasteiger partial charge on any atom is -0.370 e. The number of rotatable bonds is 1. The molecular weight excluding hydrogens is 302 g/mol. The summed E-state index contributed by atoms with van der Waals surface area (Å²) < 4.78 is 1.08. The second-order valence-corrected chi connectivity index (χ2v) is 7.16. The van der Waals surface area contributed by atoms with Crippen molar-refractivity contribution in [1.29, 1.82) is 0 Å². The molecule has 0 aromatic carbocycles. The van der Waals surface area contributed by atoms with Gasteiger partial charge in [-0.2, -0.15) is 0 Å². The van der Waals surface area contributed by atoms with E-state index in [1.54, 1.807) is 0 Å². The summed E-state index contributed by atoms with van der Waals surface area (Å²) in [6.07, 6.45) is 8.14. The summed E-state index contributed by atoms with van der Waals surface area (Å²) in [5.74, 6) is 1.77. The van der Waals surface area contributed by atoms with Gasteiger partial charge in [0.2, 0.25) is 0 Å². The molecule has 4 heterocycles. The average Bonchev–Trinajstić information content (AvgIpc) is 2.96. The zero-order valence-electron chi connectivity index (χ0n) is 11.1. The third kappa shape index (κ3) is 2.09. The van der Waals surface area contributed by atoms with Crippen LogP contribution in [0.3, 0.4) is 0 Å². The van der Waals surface area contributed by atoms with Crippen molar-refractivity contribution in [2.75, 3.05) is 31.1 Å². The largest absolute Gasteiger partial charge is 0.370 e. The molecule has 1 aromatic heterocycles. The quantitative estimate of drug-likeness (QED) is 0.793. The molecule has 3 fully saturated rings. The third-order valence-electron chi connectivity index (χ3n) is 5.17. The Hall–Kier alpha value is -0.610. The van der Waals surface area contributed by atoms with Crippen molar-refractivity contribution >= 4 is 21.6 Å². The van der Waals surface area contributed by atoms with Crippen LogP contribution in [0.5, 0.6) is 0 Å². The van der Waals surface area contributed by atoms with Crippen LogP contribution in [0.15, 0.2) is 22.9 Å². The molecule has 0 unspecified atom stereocenters. The standard InChI is InChI=1S/C15H20BrN3/c16-12-5-13(7-17-6-12)19-9-11-8-18-4-2-1-3-15(18)14(11)10-19/h5-7,11,14-15H,1-4,8-10H2/t11-,14-,15-/m0/s1. The Morgan fingerprint density at radius 3 is 3.00 bits per heavy atom. The van der Waals surface area contributed by atoms with Crippen LogP contribution < -0.4 is 4.90 Å². The lowest BCUT2D eigenvalue weighted by atomic mass is 9.90. The van der Waals surface area contributed by atoms with Crippen LogP contribution in [0.25, 0.3) is 0 Å². The van der Waals surface area contributed by atoms with Crippen molar-refractivity contribution in [3.05, 3.63) is 22.9 Å². The van der Waals surface area contributed by atoms with Gasteiger partial charge in [-0.05, 0) is 53.2 Å². The first-order valence-electron chi connectivity index (χ1n) is 7.41. The third-order valence-corrected chi connectivity index (χ3v) is 5.61. The monoisotopic (exact) mass is 321 g/mol. The molecule has 0 spiro atoms. The van der Waals surface area contributed by atoms with E-state index >= 15 is 0 Å². The molecule has 19 heavy (non-hydrogen) atoms. The van der Waals surface area contributed by atoms with Crippen LogP contribution >= 0.6 is 15.9 Å². The molecule has 0 aliphatic carbocycles. The summed E-state index contributed by atoms with van der Waals surface area (Å²) in [5, 5.41) is 0. The van der Waals surface area contributed by atoms with Gasteiger partial charge in [-0.25, -0.2) is 0 Å². The summed E-state index contributed by atoms with van der Waals surface area (Å²) in [7, 11) is 0. The van der Waals surface area contributed by atoms with Gasteiger partial charge in [-0.15, -0.1) is 0 Å². The lowest BCUT2D eigenvalue weighted by molar-refractivity contribution is 0.173. The smallest absolute Gasteiger partial charge is 0.0564 e. The van der Waals surface area contributed by atoms with Gasteiger partial charge in [0, 0.05) is 36.3 Å². The molecule has 0 amide bonds. The normalized spacial score (nSPS) is 34.4. The second-order valence-electron chi connectivity index (χ2n) is 6.25. The van der Waals surface area contributed by atoms with Gasteiger partial charge in [0.1, 0.15) is 0 Å². The number of piperidine rings is 1. The van der Waals surface area contributed by atoms with E-state index < -0.39 is 0 Å². The van der Waals surface area contributed by atoms with E-state index in [-0.39, 0.29) is 0 Å². The van der Waals surface area contributed by atoms with Crippen molar-refractivity contribution in [1.82, 2.24) is 9.88 Å². The molecule has 3 aliphatic heterocycles. The molecule has 4 rings (SSSR count). The molecular formula is C15H20BrN3. The first-order valence-corrected chi connectivity index (χ1v) is 8.20. The minimum absolute atomic E-state index is 0.865. The zero-order chi connectivity index (χ0) is 12.8. The molecule has 0 saturated carbocycles. The number of anilines is 1. The van der Waals surface area contributed by atoms with Crippen molar-refractivity contribution in [2.45, 2.75) is 25.3 Å². The van der Waals surface area contributed by atoms with E-state index in [1.807, 2.05) is 12.4 Å². The highest BCUT2D eigenvalue weighted by Crippen LogP contribution is 2.41. The van der Waals surface area contributed by atoms with Crippen LogP contribution in [-0.4, -0.2) is 42.1 Å². The fourth-order valence-corrected chi connectivity index (χ4v) is 4.69. The van der Waals surface area contributed by atoms with E-state index in [1.165, 1.54) is 51.1 Å². The Labute approximate surface area is 123 Å². The molecule has 3 saturated heterocycles. The molecule has 3 nitrogen and oxygen atoms in total. The summed E-state index contributed by atoms with van der Waals surface area (Å²) in [5.41, 5.74) is 1.28. The Balaban J connectivity index is 1.52. The number of hydrogen-bond donors (Lipinski definition) is 0. The number of halogens is 1. The van der Waals surface area contributed by atoms with E-state index in [0.717, 1.165) is 22.4 Å². The van der Waals surface area contributed by atoms with E-state index in [0.29, 0.717) is 0 Å². The Morgan fingerprint density at radius 1 is 1.16 bits per heavy atom. The van der Waals surface area contributed by atoms with E-state index in [4.69, 9.17) is 0 Å². The number of fused-ring (bicyclic) bond motifs is 3. The summed E-state index contributed by atoms with van der Waals surface area (Å²) in [4.78, 5) is 9.61. The van der Waals surface area contributed by atoms with Crippen molar-refractivity contribution in [2.24, 2.45) is 11.8 Å². The first-order chi connectivity index (χ1) is 9.31. The number of nitrogens with zero attached hydrogens (tertiary/aromatic N) is 3. The van der Waals surface area contributed by atoms with E-state index in [2.05, 4.69) is 36.8 Å². The van der Waals surface area contributed by atoms with E-state index in [9.17, 15) is 0 Å². The Kier molecular flexibility index (Phi) is 3.03. The van der Waals surface area contributed by atoms with Crippen molar-refractivity contribution in [3.8, 4) is 0 Å². The van der Waals surface area contributed by atoms with Gasteiger partial charge in [0.25, 0.3) is 0 Å². The first kappa shape index (κ1) is 12.2. The summed E-state index contributed by atoms with van der Waals surface area (Å²) in [6.45, 7) is 5.11. The van der Waals surface area contributed by atoms with Crippen LogP contribution in [0.2, 0.25) is 0 Å². The van der Waals surface area contributed by atoms with Crippen molar-refractivity contribution < 1.29 is 0 Å².